The number of nitrogens with one attached hydrogen (secondary N) is 1. The van der Waals surface area contributed by atoms with Crippen LogP contribution in [0.25, 0.3) is 0 Å². The molecule has 1 unspecified atom stereocenters. The van der Waals surface area contributed by atoms with E-state index < -0.39 is 0 Å². The number of hydrogen-bond donors (Lipinski definition) is 1. The number of nitriles is 1. The fraction of sp³-hybridized carbons (Fsp3) is 0.500. The van der Waals surface area contributed by atoms with Gasteiger partial charge in [-0.3, -0.25) is 5.32 Å². The molecule has 0 aromatic heterocycles. The quantitative estimate of drug-likeness (QED) is 0.916. The first-order valence-corrected chi connectivity index (χ1v) is 7.00. The van der Waals surface area contributed by atoms with Crippen LogP contribution in [0.5, 0.6) is 0 Å². The molecule has 1 saturated carbocycles. The Bertz CT molecular complexity index is 405. The Kier molecular flexibility index (Phi) is 4.58. The van der Waals surface area contributed by atoms with E-state index in [9.17, 15) is 5.26 Å². The zero-order valence-corrected chi connectivity index (χ0v) is 11.4. The summed E-state index contributed by atoms with van der Waals surface area (Å²) in [4.78, 5) is 0. The maximum Gasteiger partial charge on any atom is 0.121 e. The highest BCUT2D eigenvalue weighted by molar-refractivity contribution is 9.10. The second-order valence-corrected chi connectivity index (χ2v) is 5.53. The van der Waals surface area contributed by atoms with E-state index in [1.54, 1.807) is 0 Å². The Morgan fingerprint density at radius 3 is 2.71 bits per heavy atom. The maximum absolute atomic E-state index is 9.27. The van der Waals surface area contributed by atoms with Gasteiger partial charge in [-0.15, -0.1) is 0 Å². The molecule has 0 saturated heterocycles. The van der Waals surface area contributed by atoms with Crippen molar-refractivity contribution in [2.45, 2.75) is 44.2 Å². The summed E-state index contributed by atoms with van der Waals surface area (Å²) in [7, 11) is 0. The molecule has 0 aliphatic heterocycles. The fourth-order valence-electron chi connectivity index (χ4n) is 2.40. The van der Waals surface area contributed by atoms with Crippen LogP contribution in [0.1, 0.15) is 43.7 Å². The molecule has 17 heavy (non-hydrogen) atoms. The Morgan fingerprint density at radius 2 is 2.06 bits per heavy atom. The lowest BCUT2D eigenvalue weighted by molar-refractivity contribution is 0.360. The SMILES string of the molecule is N#CC(NC1CCCCC1)c1cccc(Br)c1. The van der Waals surface area contributed by atoms with Gasteiger partial charge in [0.25, 0.3) is 0 Å². The average Bonchev–Trinajstić information content (AvgIpc) is 2.37. The van der Waals surface area contributed by atoms with Crippen LogP contribution in [-0.4, -0.2) is 6.04 Å². The highest BCUT2D eigenvalue weighted by Crippen LogP contribution is 2.23. The second kappa shape index (κ2) is 6.18. The third-order valence-electron chi connectivity index (χ3n) is 3.32. The van der Waals surface area contributed by atoms with E-state index in [1.807, 2.05) is 24.3 Å². The number of hydrogen-bond acceptors (Lipinski definition) is 2. The van der Waals surface area contributed by atoms with Gasteiger partial charge in [-0.2, -0.15) is 5.26 Å². The van der Waals surface area contributed by atoms with Crippen LogP contribution in [0.15, 0.2) is 28.7 Å². The molecule has 1 fully saturated rings. The summed E-state index contributed by atoms with van der Waals surface area (Å²) >= 11 is 3.45. The molecule has 0 amide bonds. The van der Waals surface area contributed by atoms with E-state index in [-0.39, 0.29) is 6.04 Å². The predicted molar refractivity (Wildman–Crippen MR) is 72.5 cm³/mol. The van der Waals surface area contributed by atoms with Crippen LogP contribution in [-0.2, 0) is 0 Å². The lowest BCUT2D eigenvalue weighted by Crippen LogP contribution is -2.33. The van der Waals surface area contributed by atoms with E-state index in [4.69, 9.17) is 0 Å². The fourth-order valence-corrected chi connectivity index (χ4v) is 2.82. The van der Waals surface area contributed by atoms with E-state index in [0.717, 1.165) is 10.0 Å². The van der Waals surface area contributed by atoms with E-state index >= 15 is 0 Å². The highest BCUT2D eigenvalue weighted by atomic mass is 79.9. The zero-order valence-electron chi connectivity index (χ0n) is 9.82. The minimum Gasteiger partial charge on any atom is -0.295 e. The summed E-state index contributed by atoms with van der Waals surface area (Å²) < 4.78 is 1.03. The van der Waals surface area contributed by atoms with E-state index in [2.05, 4.69) is 27.3 Å². The molecule has 90 valence electrons. The Hall–Kier alpha value is -0.850. The molecule has 0 radical (unpaired) electrons. The van der Waals surface area contributed by atoms with E-state index in [0.29, 0.717) is 6.04 Å². The number of halogens is 1. The first-order chi connectivity index (χ1) is 8.29. The van der Waals surface area contributed by atoms with Gasteiger partial charge in [-0.1, -0.05) is 47.3 Å². The summed E-state index contributed by atoms with van der Waals surface area (Å²) in [5, 5.41) is 12.7. The minimum atomic E-state index is -0.185. The normalized spacial score (nSPS) is 18.6. The van der Waals surface area contributed by atoms with Crippen molar-refractivity contribution in [1.82, 2.24) is 5.32 Å². The van der Waals surface area contributed by atoms with Gasteiger partial charge in [0.1, 0.15) is 6.04 Å². The molecule has 0 heterocycles. The highest BCUT2D eigenvalue weighted by Gasteiger charge is 2.18. The Morgan fingerprint density at radius 1 is 1.29 bits per heavy atom. The third kappa shape index (κ3) is 3.55. The van der Waals surface area contributed by atoms with Crippen LogP contribution in [0, 0.1) is 11.3 Å². The molecule has 3 heteroatoms. The van der Waals surface area contributed by atoms with E-state index in [1.165, 1.54) is 32.1 Å². The molecule has 1 aliphatic rings. The lowest BCUT2D eigenvalue weighted by Gasteiger charge is -2.25. The van der Waals surface area contributed by atoms with Crippen molar-refractivity contribution >= 4 is 15.9 Å². The van der Waals surface area contributed by atoms with Crippen LogP contribution in [0.2, 0.25) is 0 Å². The summed E-state index contributed by atoms with van der Waals surface area (Å²) in [5.41, 5.74) is 1.05. The van der Waals surface area contributed by atoms with Gasteiger partial charge in [0.05, 0.1) is 6.07 Å². The summed E-state index contributed by atoms with van der Waals surface area (Å²) in [5.74, 6) is 0. The molecule has 2 nitrogen and oxygen atoms in total. The van der Waals surface area contributed by atoms with Crippen LogP contribution >= 0.6 is 15.9 Å². The first kappa shape index (κ1) is 12.6. The van der Waals surface area contributed by atoms with Crippen molar-refractivity contribution in [2.24, 2.45) is 0 Å². The van der Waals surface area contributed by atoms with Gasteiger partial charge < -0.3 is 0 Å². The summed E-state index contributed by atoms with van der Waals surface area (Å²) in [6.07, 6.45) is 6.31. The zero-order chi connectivity index (χ0) is 12.1. The Labute approximate surface area is 111 Å². The molecule has 1 aromatic carbocycles. The van der Waals surface area contributed by atoms with Gasteiger partial charge in [0.2, 0.25) is 0 Å². The summed E-state index contributed by atoms with van der Waals surface area (Å²) in [6, 6.07) is 10.7. The topological polar surface area (TPSA) is 35.8 Å². The van der Waals surface area contributed by atoms with Gasteiger partial charge in [-0.05, 0) is 30.5 Å². The van der Waals surface area contributed by atoms with Gasteiger partial charge >= 0.3 is 0 Å². The third-order valence-corrected chi connectivity index (χ3v) is 3.81. The average molecular weight is 293 g/mol. The number of benzene rings is 1. The Balaban J connectivity index is 2.03. The number of nitrogens with zero attached hydrogens (tertiary/aromatic N) is 1. The smallest absolute Gasteiger partial charge is 0.121 e. The molecule has 1 aromatic rings. The van der Waals surface area contributed by atoms with Crippen molar-refractivity contribution in [2.75, 3.05) is 0 Å². The second-order valence-electron chi connectivity index (χ2n) is 4.62. The molecule has 1 N–H and O–H groups in total. The molecular weight excluding hydrogens is 276 g/mol. The van der Waals surface area contributed by atoms with Crippen molar-refractivity contribution < 1.29 is 0 Å². The minimum absolute atomic E-state index is 0.185. The monoisotopic (exact) mass is 292 g/mol. The summed E-state index contributed by atoms with van der Waals surface area (Å²) in [6.45, 7) is 0. The van der Waals surface area contributed by atoms with Crippen LogP contribution < -0.4 is 5.32 Å². The molecule has 1 atom stereocenters. The van der Waals surface area contributed by atoms with Crippen molar-refractivity contribution in [3.8, 4) is 6.07 Å². The van der Waals surface area contributed by atoms with Gasteiger partial charge in [-0.25, -0.2) is 0 Å². The van der Waals surface area contributed by atoms with Crippen LogP contribution in [0.3, 0.4) is 0 Å². The molecular formula is C14H17BrN2. The van der Waals surface area contributed by atoms with Crippen molar-refractivity contribution in [3.05, 3.63) is 34.3 Å². The van der Waals surface area contributed by atoms with Crippen LogP contribution in [0.4, 0.5) is 0 Å². The molecule has 2 rings (SSSR count). The largest absolute Gasteiger partial charge is 0.295 e. The van der Waals surface area contributed by atoms with Gasteiger partial charge in [0.15, 0.2) is 0 Å². The maximum atomic E-state index is 9.27. The van der Waals surface area contributed by atoms with Crippen molar-refractivity contribution in [1.29, 1.82) is 5.26 Å². The van der Waals surface area contributed by atoms with Crippen molar-refractivity contribution in [3.63, 3.8) is 0 Å². The molecule has 0 bridgehead atoms. The first-order valence-electron chi connectivity index (χ1n) is 6.21. The molecule has 0 spiro atoms. The standard InChI is InChI=1S/C14H17BrN2/c15-12-6-4-5-11(9-12)14(10-16)17-13-7-2-1-3-8-13/h4-6,9,13-14,17H,1-3,7-8H2. The number of rotatable bonds is 3. The predicted octanol–water partition coefficient (Wildman–Crippen LogP) is 3.94. The molecule has 1 aliphatic carbocycles. The van der Waals surface area contributed by atoms with Gasteiger partial charge in [0, 0.05) is 10.5 Å². The lowest BCUT2D eigenvalue weighted by atomic mass is 9.94.